The molecule has 246 valence electrons. The van der Waals surface area contributed by atoms with E-state index in [-0.39, 0.29) is 5.75 Å². The van der Waals surface area contributed by atoms with Crippen molar-refractivity contribution in [2.24, 2.45) is 0 Å². The molecule has 2 unspecified atom stereocenters. The maximum atomic E-state index is 16.1. The second-order valence-electron chi connectivity index (χ2n) is 11.5. The van der Waals surface area contributed by atoms with E-state index in [0.717, 1.165) is 12.5 Å². The van der Waals surface area contributed by atoms with Gasteiger partial charge >= 0.3 is 13.7 Å². The lowest BCUT2D eigenvalue weighted by molar-refractivity contribution is -0.213. The number of para-hydroxylation sites is 1. The fraction of sp³-hybridized carbons (Fsp3) is 0.484. The Hall–Kier alpha value is -3.32. The number of halogens is 1. The highest BCUT2D eigenvalue weighted by atomic mass is 31.2. The molecule has 3 N–H and O–H groups in total. The van der Waals surface area contributed by atoms with Gasteiger partial charge in [-0.15, -0.1) is 0 Å². The number of benzene rings is 2. The Labute approximate surface area is 262 Å². The Morgan fingerprint density at radius 3 is 2.49 bits per heavy atom. The number of esters is 1. The summed E-state index contributed by atoms with van der Waals surface area (Å²) >= 11 is 0. The number of hydrogen-bond acceptors (Lipinski definition) is 10. The zero-order valence-electron chi connectivity index (χ0n) is 26.1. The standard InChI is InChI=1S/C31H41FN3O9P/c1-20(2)42-28(38)21(3)34-45(39,44-24-15-11-10-14-23(24)18-22-12-8-7-9-13-22)41-19-25-27(37)30(4,32)29(43-25)35-17-16-26(36)33-31(35,5)40-6/h7-17,20-21,25,27,29,37H,18-19H2,1-6H3,(H,33,36)(H,34,39)/t21-,25+,27+,29+,30+,31?,45?/m0/s1. The zero-order valence-corrected chi connectivity index (χ0v) is 27.0. The van der Waals surface area contributed by atoms with Gasteiger partial charge in [0.15, 0.2) is 11.9 Å². The zero-order chi connectivity index (χ0) is 33.0. The van der Waals surface area contributed by atoms with Crippen molar-refractivity contribution in [1.82, 2.24) is 15.3 Å². The van der Waals surface area contributed by atoms with Gasteiger partial charge in [0.1, 0.15) is 24.0 Å². The highest BCUT2D eigenvalue weighted by Gasteiger charge is 2.59. The minimum atomic E-state index is -4.41. The quantitative estimate of drug-likeness (QED) is 0.215. The number of carbonyl (C=O) groups is 2. The first kappa shape index (κ1) is 34.6. The van der Waals surface area contributed by atoms with Crippen LogP contribution in [0.3, 0.4) is 0 Å². The van der Waals surface area contributed by atoms with Gasteiger partial charge in [-0.1, -0.05) is 48.5 Å². The van der Waals surface area contributed by atoms with Crippen molar-refractivity contribution >= 4 is 19.6 Å². The summed E-state index contributed by atoms with van der Waals surface area (Å²) in [5, 5.41) is 16.2. The van der Waals surface area contributed by atoms with Gasteiger partial charge in [-0.25, -0.2) is 8.96 Å². The van der Waals surface area contributed by atoms with Crippen LogP contribution in [0.4, 0.5) is 4.39 Å². The van der Waals surface area contributed by atoms with Crippen LogP contribution in [0, 0.1) is 0 Å². The van der Waals surface area contributed by atoms with E-state index < -0.39 is 68.3 Å². The van der Waals surface area contributed by atoms with Crippen LogP contribution in [0.1, 0.15) is 45.7 Å². The number of amides is 1. The number of methoxy groups -OCH3 is 1. The molecule has 2 aliphatic heterocycles. The average molecular weight is 650 g/mol. The number of nitrogens with one attached hydrogen (secondary N) is 2. The van der Waals surface area contributed by atoms with Crippen LogP contribution < -0.4 is 14.9 Å². The molecule has 7 atom stereocenters. The summed E-state index contributed by atoms with van der Waals surface area (Å²) in [5.74, 6) is -2.42. The molecule has 4 rings (SSSR count). The predicted octanol–water partition coefficient (Wildman–Crippen LogP) is 3.79. The van der Waals surface area contributed by atoms with Crippen LogP contribution >= 0.6 is 7.75 Å². The number of aliphatic hydroxyl groups excluding tert-OH is 1. The number of hydrogen-bond donors (Lipinski definition) is 3. The molecule has 14 heteroatoms. The summed E-state index contributed by atoms with van der Waals surface area (Å²) in [4.78, 5) is 25.9. The Morgan fingerprint density at radius 2 is 1.82 bits per heavy atom. The molecular weight excluding hydrogens is 608 g/mol. The van der Waals surface area contributed by atoms with Crippen LogP contribution in [0.2, 0.25) is 0 Å². The monoisotopic (exact) mass is 649 g/mol. The Bertz CT molecular complexity index is 1430. The number of rotatable bonds is 13. The summed E-state index contributed by atoms with van der Waals surface area (Å²) < 4.78 is 58.7. The number of ether oxygens (including phenoxy) is 3. The van der Waals surface area contributed by atoms with Crippen molar-refractivity contribution in [1.29, 1.82) is 0 Å². The lowest BCUT2D eigenvalue weighted by Crippen LogP contribution is -2.66. The number of carbonyl (C=O) groups excluding carboxylic acids is 2. The fourth-order valence-corrected chi connectivity index (χ4v) is 6.54. The molecule has 2 aromatic carbocycles. The van der Waals surface area contributed by atoms with Gasteiger partial charge in [-0.2, -0.15) is 5.09 Å². The second-order valence-corrected chi connectivity index (χ2v) is 13.2. The average Bonchev–Trinajstić information content (AvgIpc) is 3.20. The van der Waals surface area contributed by atoms with Crippen LogP contribution in [0.15, 0.2) is 66.9 Å². The molecule has 2 aliphatic rings. The van der Waals surface area contributed by atoms with Crippen molar-refractivity contribution in [3.05, 3.63) is 78.0 Å². The van der Waals surface area contributed by atoms with Crippen molar-refractivity contribution in [2.45, 2.75) is 83.1 Å². The lowest BCUT2D eigenvalue weighted by Gasteiger charge is -2.46. The molecule has 0 spiro atoms. The molecule has 0 radical (unpaired) electrons. The lowest BCUT2D eigenvalue weighted by atomic mass is 9.97. The maximum Gasteiger partial charge on any atom is 0.459 e. The molecule has 1 saturated heterocycles. The number of alkyl halides is 1. The smallest absolute Gasteiger partial charge is 0.459 e. The molecule has 1 amide bonds. The van der Waals surface area contributed by atoms with Gasteiger partial charge in [-0.3, -0.25) is 14.1 Å². The van der Waals surface area contributed by atoms with Gasteiger partial charge in [0.2, 0.25) is 11.8 Å². The largest absolute Gasteiger partial charge is 0.462 e. The van der Waals surface area contributed by atoms with Crippen LogP contribution in [-0.4, -0.2) is 77.7 Å². The molecular formula is C31H41FN3O9P. The third-order valence-electron chi connectivity index (χ3n) is 7.50. The van der Waals surface area contributed by atoms with Crippen molar-refractivity contribution < 1.29 is 46.9 Å². The topological polar surface area (TPSA) is 145 Å². The summed E-state index contributed by atoms with van der Waals surface area (Å²) in [7, 11) is -3.08. The van der Waals surface area contributed by atoms with Crippen LogP contribution in [-0.2, 0) is 39.3 Å². The summed E-state index contributed by atoms with van der Waals surface area (Å²) in [5.41, 5.74) is -0.722. The van der Waals surface area contributed by atoms with Gasteiger partial charge in [0.05, 0.1) is 12.7 Å². The van der Waals surface area contributed by atoms with Gasteiger partial charge in [0.25, 0.3) is 0 Å². The van der Waals surface area contributed by atoms with Crippen molar-refractivity contribution in [3.8, 4) is 5.75 Å². The first-order valence-corrected chi connectivity index (χ1v) is 16.1. The first-order chi connectivity index (χ1) is 21.2. The Balaban J connectivity index is 1.58. The first-order valence-electron chi connectivity index (χ1n) is 14.6. The predicted molar refractivity (Wildman–Crippen MR) is 162 cm³/mol. The maximum absolute atomic E-state index is 16.1. The minimum Gasteiger partial charge on any atom is -0.462 e. The molecule has 2 aromatic rings. The molecule has 0 bridgehead atoms. The van der Waals surface area contributed by atoms with E-state index in [0.29, 0.717) is 12.0 Å². The molecule has 12 nitrogen and oxygen atoms in total. The highest BCUT2D eigenvalue weighted by Crippen LogP contribution is 2.48. The third-order valence-corrected chi connectivity index (χ3v) is 9.13. The number of nitrogens with zero attached hydrogens (tertiary/aromatic N) is 1. The molecule has 1 fully saturated rings. The second kappa shape index (κ2) is 14.0. The van der Waals surface area contributed by atoms with E-state index in [4.69, 9.17) is 23.3 Å². The highest BCUT2D eigenvalue weighted by molar-refractivity contribution is 7.52. The van der Waals surface area contributed by atoms with Crippen molar-refractivity contribution in [3.63, 3.8) is 0 Å². The summed E-state index contributed by atoms with van der Waals surface area (Å²) in [6.45, 7) is 6.84. The van der Waals surface area contributed by atoms with E-state index in [1.807, 2.05) is 42.5 Å². The minimum absolute atomic E-state index is 0.229. The normalized spacial score (nSPS) is 28.4. The van der Waals surface area contributed by atoms with Crippen LogP contribution in [0.25, 0.3) is 0 Å². The van der Waals surface area contributed by atoms with E-state index in [1.54, 1.807) is 26.0 Å². The molecule has 45 heavy (non-hydrogen) atoms. The Morgan fingerprint density at radius 1 is 1.16 bits per heavy atom. The SMILES string of the molecule is COC1(C)NC(=O)C=CN1[C@@H]1O[C@H](COP(=O)(N[C@@H](C)C(=O)OC(C)C)Oc2ccccc2Cc2ccccc2)[C@@H](O)[C@@]1(C)F. The fourth-order valence-electron chi connectivity index (χ4n) is 5.00. The van der Waals surface area contributed by atoms with E-state index in [2.05, 4.69) is 10.4 Å². The van der Waals surface area contributed by atoms with Crippen LogP contribution in [0.5, 0.6) is 5.75 Å². The molecule has 0 aliphatic carbocycles. The van der Waals surface area contributed by atoms with E-state index >= 15 is 4.39 Å². The molecule has 2 heterocycles. The summed E-state index contributed by atoms with van der Waals surface area (Å²) in [6.07, 6.45) is -2.03. The number of aliphatic hydroxyl groups is 1. The van der Waals surface area contributed by atoms with Gasteiger partial charge < -0.3 is 34.1 Å². The van der Waals surface area contributed by atoms with Gasteiger partial charge in [0, 0.05) is 32.7 Å². The van der Waals surface area contributed by atoms with E-state index in [9.17, 15) is 19.3 Å². The van der Waals surface area contributed by atoms with E-state index in [1.165, 1.54) is 38.1 Å². The van der Waals surface area contributed by atoms with Gasteiger partial charge in [-0.05, 0) is 44.9 Å². The Kier molecular flexibility index (Phi) is 10.7. The summed E-state index contributed by atoms with van der Waals surface area (Å²) in [6, 6.07) is 15.4. The third kappa shape index (κ3) is 8.10. The molecule has 0 aromatic heterocycles. The van der Waals surface area contributed by atoms with Crippen molar-refractivity contribution in [2.75, 3.05) is 13.7 Å². The molecule has 0 saturated carbocycles.